The van der Waals surface area contributed by atoms with Crippen LogP contribution in [0.15, 0.2) is 36.4 Å². The highest BCUT2D eigenvalue weighted by Crippen LogP contribution is 2.34. The van der Waals surface area contributed by atoms with Gasteiger partial charge in [0.15, 0.2) is 0 Å². The standard InChI is InChI=1S/C15H12F5N/c1-8-2-4-10(13(17)6-8)14(21)9-3-5-12(16)11(7-9)15(18,19)20/h2-7,14H,21H2,1H3. The van der Waals surface area contributed by atoms with E-state index < -0.39 is 29.4 Å². The van der Waals surface area contributed by atoms with Crippen LogP contribution < -0.4 is 5.73 Å². The molecule has 0 aliphatic rings. The number of hydrogen-bond acceptors (Lipinski definition) is 1. The van der Waals surface area contributed by atoms with Crippen molar-refractivity contribution in [2.24, 2.45) is 5.73 Å². The lowest BCUT2D eigenvalue weighted by molar-refractivity contribution is -0.140. The number of hydrogen-bond donors (Lipinski definition) is 1. The molecule has 0 bridgehead atoms. The Kier molecular flexibility index (Phi) is 4.00. The molecule has 2 rings (SSSR count). The average Bonchev–Trinajstić information content (AvgIpc) is 2.37. The van der Waals surface area contributed by atoms with Crippen LogP contribution in [0.2, 0.25) is 0 Å². The largest absolute Gasteiger partial charge is 0.419 e. The first-order valence-electron chi connectivity index (χ1n) is 6.08. The molecule has 21 heavy (non-hydrogen) atoms. The van der Waals surface area contributed by atoms with Crippen LogP contribution in [0.5, 0.6) is 0 Å². The number of benzene rings is 2. The number of rotatable bonds is 2. The van der Waals surface area contributed by atoms with Gasteiger partial charge in [-0.15, -0.1) is 0 Å². The second-order valence-corrected chi connectivity index (χ2v) is 4.74. The summed E-state index contributed by atoms with van der Waals surface area (Å²) in [4.78, 5) is 0. The molecule has 0 spiro atoms. The lowest BCUT2D eigenvalue weighted by Gasteiger charge is -2.16. The third-order valence-electron chi connectivity index (χ3n) is 3.15. The van der Waals surface area contributed by atoms with E-state index in [1.807, 2.05) is 0 Å². The van der Waals surface area contributed by atoms with Crippen molar-refractivity contribution >= 4 is 0 Å². The summed E-state index contributed by atoms with van der Waals surface area (Å²) >= 11 is 0. The molecule has 2 N–H and O–H groups in total. The number of aryl methyl sites for hydroxylation is 1. The maximum absolute atomic E-state index is 13.8. The van der Waals surface area contributed by atoms with Crippen LogP contribution in [0.25, 0.3) is 0 Å². The van der Waals surface area contributed by atoms with Gasteiger partial charge in [0.2, 0.25) is 0 Å². The van der Waals surface area contributed by atoms with E-state index in [9.17, 15) is 22.0 Å². The van der Waals surface area contributed by atoms with Crippen molar-refractivity contribution in [2.45, 2.75) is 19.1 Å². The lowest BCUT2D eigenvalue weighted by atomic mass is 9.96. The van der Waals surface area contributed by atoms with Gasteiger partial charge < -0.3 is 5.73 Å². The number of nitrogens with two attached hydrogens (primary N) is 1. The van der Waals surface area contributed by atoms with E-state index in [2.05, 4.69) is 0 Å². The summed E-state index contributed by atoms with van der Waals surface area (Å²) in [6, 6.07) is 5.56. The Morgan fingerprint density at radius 3 is 2.19 bits per heavy atom. The van der Waals surface area contributed by atoms with Gasteiger partial charge in [-0.05, 0) is 36.2 Å². The third kappa shape index (κ3) is 3.21. The molecule has 0 aliphatic heterocycles. The quantitative estimate of drug-likeness (QED) is 0.820. The maximum atomic E-state index is 13.8. The Morgan fingerprint density at radius 1 is 0.952 bits per heavy atom. The van der Waals surface area contributed by atoms with Crippen molar-refractivity contribution in [3.8, 4) is 0 Å². The Bertz CT molecular complexity index is 664. The normalized spacial score (nSPS) is 13.3. The van der Waals surface area contributed by atoms with Gasteiger partial charge in [-0.1, -0.05) is 18.2 Å². The zero-order valence-corrected chi connectivity index (χ0v) is 11.0. The van der Waals surface area contributed by atoms with Crippen molar-refractivity contribution in [2.75, 3.05) is 0 Å². The van der Waals surface area contributed by atoms with Crippen molar-refractivity contribution in [1.29, 1.82) is 0 Å². The Balaban J connectivity index is 2.46. The molecule has 0 radical (unpaired) electrons. The van der Waals surface area contributed by atoms with Crippen LogP contribution in [0.3, 0.4) is 0 Å². The number of alkyl halides is 3. The van der Waals surface area contributed by atoms with E-state index in [1.165, 1.54) is 12.1 Å². The van der Waals surface area contributed by atoms with Gasteiger partial charge in [0.1, 0.15) is 11.6 Å². The predicted octanol–water partition coefficient (Wildman–Crippen LogP) is 4.34. The van der Waals surface area contributed by atoms with E-state index in [0.29, 0.717) is 17.7 Å². The molecule has 1 unspecified atom stereocenters. The third-order valence-corrected chi connectivity index (χ3v) is 3.15. The molecule has 1 nitrogen and oxygen atoms in total. The summed E-state index contributed by atoms with van der Waals surface area (Å²) in [7, 11) is 0. The van der Waals surface area contributed by atoms with Gasteiger partial charge in [-0.25, -0.2) is 8.78 Å². The molecule has 1 atom stereocenters. The zero-order chi connectivity index (χ0) is 15.8. The maximum Gasteiger partial charge on any atom is 0.419 e. The predicted molar refractivity (Wildman–Crippen MR) is 68.6 cm³/mol. The monoisotopic (exact) mass is 301 g/mol. The fourth-order valence-corrected chi connectivity index (χ4v) is 2.02. The zero-order valence-electron chi connectivity index (χ0n) is 11.0. The molecule has 112 valence electrons. The molecule has 6 heteroatoms. The Labute approximate surface area is 118 Å². The van der Waals surface area contributed by atoms with Crippen LogP contribution in [0.4, 0.5) is 22.0 Å². The summed E-state index contributed by atoms with van der Waals surface area (Å²) in [6.07, 6.45) is -4.83. The first-order chi connectivity index (χ1) is 9.70. The lowest BCUT2D eigenvalue weighted by Crippen LogP contribution is -2.16. The van der Waals surface area contributed by atoms with Crippen molar-refractivity contribution < 1.29 is 22.0 Å². The second-order valence-electron chi connectivity index (χ2n) is 4.74. The van der Waals surface area contributed by atoms with Crippen molar-refractivity contribution in [3.63, 3.8) is 0 Å². The molecule has 0 aliphatic carbocycles. The first-order valence-corrected chi connectivity index (χ1v) is 6.08. The SMILES string of the molecule is Cc1ccc(C(N)c2ccc(F)c(C(F)(F)F)c2)c(F)c1. The minimum absolute atomic E-state index is 0.00789. The molecular weight excluding hydrogens is 289 g/mol. The number of halogens is 5. The second kappa shape index (κ2) is 5.44. The minimum atomic E-state index is -4.83. The van der Waals surface area contributed by atoms with E-state index in [1.54, 1.807) is 13.0 Å². The van der Waals surface area contributed by atoms with Crippen LogP contribution in [0, 0.1) is 18.6 Å². The molecule has 0 heterocycles. The summed E-state index contributed by atoms with van der Waals surface area (Å²) in [5, 5.41) is 0. The highest BCUT2D eigenvalue weighted by Gasteiger charge is 2.34. The van der Waals surface area contributed by atoms with Gasteiger partial charge in [-0.2, -0.15) is 13.2 Å². The van der Waals surface area contributed by atoms with Crippen LogP contribution in [-0.2, 0) is 6.18 Å². The fourth-order valence-electron chi connectivity index (χ4n) is 2.02. The summed E-state index contributed by atoms with van der Waals surface area (Å²) in [5.74, 6) is -2.00. The molecular formula is C15H12F5N. The Morgan fingerprint density at radius 2 is 1.62 bits per heavy atom. The van der Waals surface area contributed by atoms with Gasteiger partial charge in [0.05, 0.1) is 11.6 Å². The van der Waals surface area contributed by atoms with Crippen molar-refractivity contribution in [1.82, 2.24) is 0 Å². The van der Waals surface area contributed by atoms with E-state index >= 15 is 0 Å². The van der Waals surface area contributed by atoms with Crippen LogP contribution >= 0.6 is 0 Å². The van der Waals surface area contributed by atoms with Gasteiger partial charge >= 0.3 is 6.18 Å². The summed E-state index contributed by atoms with van der Waals surface area (Å²) in [5.41, 5.74) is 5.10. The highest BCUT2D eigenvalue weighted by atomic mass is 19.4. The molecule has 0 fully saturated rings. The van der Waals surface area contributed by atoms with Crippen LogP contribution in [0.1, 0.15) is 28.3 Å². The van der Waals surface area contributed by atoms with E-state index in [0.717, 1.165) is 6.07 Å². The van der Waals surface area contributed by atoms with Gasteiger partial charge in [0.25, 0.3) is 0 Å². The molecule has 2 aromatic rings. The highest BCUT2D eigenvalue weighted by molar-refractivity contribution is 5.37. The summed E-state index contributed by atoms with van der Waals surface area (Å²) < 4.78 is 65.1. The van der Waals surface area contributed by atoms with Crippen LogP contribution in [-0.4, -0.2) is 0 Å². The first kappa shape index (κ1) is 15.4. The van der Waals surface area contributed by atoms with Gasteiger partial charge in [-0.3, -0.25) is 0 Å². The molecule has 0 amide bonds. The Hall–Kier alpha value is -1.95. The fraction of sp³-hybridized carbons (Fsp3) is 0.200. The summed E-state index contributed by atoms with van der Waals surface area (Å²) in [6.45, 7) is 1.68. The average molecular weight is 301 g/mol. The topological polar surface area (TPSA) is 26.0 Å². The van der Waals surface area contributed by atoms with E-state index in [-0.39, 0.29) is 11.1 Å². The van der Waals surface area contributed by atoms with E-state index in [4.69, 9.17) is 5.73 Å². The molecule has 0 saturated heterocycles. The van der Waals surface area contributed by atoms with Crippen molar-refractivity contribution in [3.05, 3.63) is 70.3 Å². The molecule has 0 aromatic heterocycles. The smallest absolute Gasteiger partial charge is 0.320 e. The van der Waals surface area contributed by atoms with Gasteiger partial charge in [0, 0.05) is 5.56 Å². The molecule has 0 saturated carbocycles. The minimum Gasteiger partial charge on any atom is -0.320 e. The molecule has 2 aromatic carbocycles.